The van der Waals surface area contributed by atoms with Crippen molar-refractivity contribution in [3.8, 4) is 0 Å². The molecule has 0 saturated carbocycles. The van der Waals surface area contributed by atoms with E-state index in [1.807, 2.05) is 55.5 Å². The summed E-state index contributed by atoms with van der Waals surface area (Å²) in [4.78, 5) is 29.9. The normalized spacial score (nSPS) is 13.8. The van der Waals surface area contributed by atoms with E-state index in [-0.39, 0.29) is 17.2 Å². The van der Waals surface area contributed by atoms with Gasteiger partial charge >= 0.3 is 0 Å². The van der Waals surface area contributed by atoms with Crippen molar-refractivity contribution in [1.29, 1.82) is 0 Å². The van der Waals surface area contributed by atoms with Gasteiger partial charge in [0.05, 0.1) is 28.9 Å². The highest BCUT2D eigenvalue weighted by Gasteiger charge is 2.22. The number of amides is 1. The Morgan fingerprint density at radius 1 is 1.11 bits per heavy atom. The van der Waals surface area contributed by atoms with Crippen LogP contribution in [0.4, 0.5) is 0 Å². The molecule has 3 aromatic rings. The lowest BCUT2D eigenvalue weighted by Crippen LogP contribution is -2.27. The van der Waals surface area contributed by atoms with Crippen molar-refractivity contribution < 1.29 is 4.79 Å². The summed E-state index contributed by atoms with van der Waals surface area (Å²) in [5.74, 6) is 0.108. The first kappa shape index (κ1) is 18.4. The summed E-state index contributed by atoms with van der Waals surface area (Å²) in [5, 5.41) is 7.15. The fraction of sp³-hybridized carbons (Fsp3) is 0.238. The van der Waals surface area contributed by atoms with Crippen molar-refractivity contribution in [2.24, 2.45) is 5.10 Å². The Morgan fingerprint density at radius 3 is 2.64 bits per heavy atom. The molecule has 0 fully saturated rings. The van der Waals surface area contributed by atoms with E-state index in [0.717, 1.165) is 17.7 Å². The van der Waals surface area contributed by atoms with Crippen molar-refractivity contribution in [2.75, 3.05) is 12.3 Å². The first-order valence-corrected chi connectivity index (χ1v) is 10.2. The van der Waals surface area contributed by atoms with Crippen molar-refractivity contribution in [2.45, 2.75) is 25.0 Å². The molecule has 1 aromatic heterocycles. The Balaban J connectivity index is 1.51. The molecule has 0 atom stereocenters. The third-order valence-electron chi connectivity index (χ3n) is 4.66. The summed E-state index contributed by atoms with van der Waals surface area (Å²) in [6.45, 7) is 2.99. The van der Waals surface area contributed by atoms with E-state index in [9.17, 15) is 9.59 Å². The molecular weight excluding hydrogens is 372 g/mol. The van der Waals surface area contributed by atoms with E-state index in [2.05, 4.69) is 10.1 Å². The highest BCUT2D eigenvalue weighted by atomic mass is 32.2. The third-order valence-corrected chi connectivity index (χ3v) is 5.63. The highest BCUT2D eigenvalue weighted by Crippen LogP contribution is 2.20. The van der Waals surface area contributed by atoms with Crippen LogP contribution in [0.15, 0.2) is 69.6 Å². The molecule has 2 heterocycles. The molecule has 0 N–H and O–H groups in total. The van der Waals surface area contributed by atoms with E-state index in [1.165, 1.54) is 16.8 Å². The van der Waals surface area contributed by atoms with Crippen LogP contribution in [0.3, 0.4) is 0 Å². The maximum atomic E-state index is 12.7. The number of hydrogen-bond donors (Lipinski definition) is 0. The van der Waals surface area contributed by atoms with Crippen molar-refractivity contribution >= 4 is 34.3 Å². The molecule has 0 aliphatic carbocycles. The monoisotopic (exact) mass is 392 g/mol. The van der Waals surface area contributed by atoms with Gasteiger partial charge in [-0.2, -0.15) is 5.10 Å². The molecular formula is C21H20N4O2S. The second-order valence-electron chi connectivity index (χ2n) is 6.43. The number of benzene rings is 2. The highest BCUT2D eigenvalue weighted by molar-refractivity contribution is 7.99. The fourth-order valence-electron chi connectivity index (χ4n) is 3.21. The average molecular weight is 392 g/mol. The molecule has 2 aromatic carbocycles. The van der Waals surface area contributed by atoms with Crippen LogP contribution >= 0.6 is 11.8 Å². The van der Waals surface area contributed by atoms with Gasteiger partial charge in [-0.1, -0.05) is 54.2 Å². The van der Waals surface area contributed by atoms with Gasteiger partial charge in [0.2, 0.25) is 0 Å². The number of carbonyl (C=O) groups is 1. The summed E-state index contributed by atoms with van der Waals surface area (Å²) in [5.41, 5.74) is 2.54. The molecule has 0 saturated heterocycles. The van der Waals surface area contributed by atoms with Crippen LogP contribution in [0.5, 0.6) is 0 Å². The second kappa shape index (κ2) is 7.98. The lowest BCUT2D eigenvalue weighted by atomic mass is 10.1. The number of aromatic nitrogens is 2. The molecule has 0 spiro atoms. The van der Waals surface area contributed by atoms with E-state index >= 15 is 0 Å². The molecule has 4 rings (SSSR count). The van der Waals surface area contributed by atoms with Gasteiger partial charge < -0.3 is 0 Å². The summed E-state index contributed by atoms with van der Waals surface area (Å²) >= 11 is 1.28. The van der Waals surface area contributed by atoms with Crippen LogP contribution < -0.4 is 5.56 Å². The quantitative estimate of drug-likeness (QED) is 0.494. The number of rotatable bonds is 5. The maximum absolute atomic E-state index is 12.7. The minimum atomic E-state index is -0.0824. The molecule has 1 aliphatic heterocycles. The van der Waals surface area contributed by atoms with Gasteiger partial charge in [-0.3, -0.25) is 14.2 Å². The molecule has 0 bridgehead atoms. The lowest BCUT2D eigenvalue weighted by Gasteiger charge is -2.13. The number of nitrogens with zero attached hydrogens (tertiary/aromatic N) is 4. The summed E-state index contributed by atoms with van der Waals surface area (Å²) < 4.78 is 1.61. The van der Waals surface area contributed by atoms with Crippen LogP contribution in [-0.4, -0.2) is 38.5 Å². The van der Waals surface area contributed by atoms with Crippen LogP contribution in [0.2, 0.25) is 0 Å². The molecule has 142 valence electrons. The number of fused-ring (bicyclic) bond motifs is 1. The Labute approximate surface area is 166 Å². The number of hydrazone groups is 1. The fourth-order valence-corrected chi connectivity index (χ4v) is 4.14. The Bertz CT molecular complexity index is 1110. The third kappa shape index (κ3) is 3.57. The zero-order chi connectivity index (χ0) is 19.5. The predicted molar refractivity (Wildman–Crippen MR) is 112 cm³/mol. The Hall–Kier alpha value is -2.93. The second-order valence-corrected chi connectivity index (χ2v) is 7.37. The standard InChI is InChI=1S/C21H20N4O2S/c1-2-24-20(27)16-10-6-7-11-18(16)22-21(24)28-14-19(26)25-13-12-17(23-25)15-8-4-3-5-9-15/h3-11H,2,12-14H2,1H3. The van der Waals surface area contributed by atoms with Gasteiger partial charge in [-0.25, -0.2) is 9.99 Å². The minimum absolute atomic E-state index is 0.0754. The average Bonchev–Trinajstić information content (AvgIpc) is 3.23. The minimum Gasteiger partial charge on any atom is -0.287 e. The van der Waals surface area contributed by atoms with Gasteiger partial charge in [0.25, 0.3) is 11.5 Å². The van der Waals surface area contributed by atoms with Gasteiger partial charge in [-0.05, 0) is 24.6 Å². The van der Waals surface area contributed by atoms with Crippen molar-refractivity contribution in [1.82, 2.24) is 14.6 Å². The number of carbonyl (C=O) groups excluding carboxylic acids is 1. The van der Waals surface area contributed by atoms with Crippen molar-refractivity contribution in [3.05, 3.63) is 70.5 Å². The van der Waals surface area contributed by atoms with Crippen LogP contribution in [0.25, 0.3) is 10.9 Å². The summed E-state index contributed by atoms with van der Waals surface area (Å²) in [6, 6.07) is 17.2. The molecule has 28 heavy (non-hydrogen) atoms. The lowest BCUT2D eigenvalue weighted by molar-refractivity contribution is -0.127. The van der Waals surface area contributed by atoms with Gasteiger partial charge in [0.1, 0.15) is 0 Å². The van der Waals surface area contributed by atoms with E-state index in [0.29, 0.717) is 29.1 Å². The van der Waals surface area contributed by atoms with E-state index < -0.39 is 0 Å². The first-order valence-electron chi connectivity index (χ1n) is 9.23. The molecule has 0 unspecified atom stereocenters. The van der Waals surface area contributed by atoms with Crippen LogP contribution in [-0.2, 0) is 11.3 Å². The van der Waals surface area contributed by atoms with E-state index in [4.69, 9.17) is 0 Å². The molecule has 1 amide bonds. The Kier molecular flexibility index (Phi) is 5.25. The van der Waals surface area contributed by atoms with Gasteiger partial charge in [-0.15, -0.1) is 0 Å². The smallest absolute Gasteiger partial charge is 0.262 e. The topological polar surface area (TPSA) is 67.6 Å². The first-order chi connectivity index (χ1) is 13.7. The summed E-state index contributed by atoms with van der Waals surface area (Å²) in [6.07, 6.45) is 0.744. The number of thioether (sulfide) groups is 1. The number of hydrogen-bond acceptors (Lipinski definition) is 5. The SMILES string of the molecule is CCn1c(SCC(=O)N2CCC(c3ccccc3)=N2)nc2ccccc2c1=O. The predicted octanol–water partition coefficient (Wildman–Crippen LogP) is 3.15. The van der Waals surface area contributed by atoms with Crippen molar-refractivity contribution in [3.63, 3.8) is 0 Å². The van der Waals surface area contributed by atoms with E-state index in [1.54, 1.807) is 10.6 Å². The maximum Gasteiger partial charge on any atom is 0.262 e. The van der Waals surface area contributed by atoms with Gasteiger partial charge in [0, 0.05) is 13.0 Å². The molecule has 0 radical (unpaired) electrons. The number of para-hydroxylation sites is 1. The zero-order valence-electron chi connectivity index (χ0n) is 15.5. The molecule has 7 heteroatoms. The van der Waals surface area contributed by atoms with Crippen LogP contribution in [0, 0.1) is 0 Å². The van der Waals surface area contributed by atoms with Gasteiger partial charge in [0.15, 0.2) is 5.16 Å². The molecule has 6 nitrogen and oxygen atoms in total. The summed E-state index contributed by atoms with van der Waals surface area (Å²) in [7, 11) is 0. The molecule has 1 aliphatic rings. The van der Waals surface area contributed by atoms with Crippen LogP contribution in [0.1, 0.15) is 18.9 Å². The largest absolute Gasteiger partial charge is 0.287 e. The Morgan fingerprint density at radius 2 is 1.86 bits per heavy atom. The zero-order valence-corrected chi connectivity index (χ0v) is 16.4.